The molecule has 2 rings (SSSR count). The predicted molar refractivity (Wildman–Crippen MR) is 82.0 cm³/mol. The third-order valence-corrected chi connectivity index (χ3v) is 3.80. The Kier molecular flexibility index (Phi) is 4.84. The maximum Gasteiger partial charge on any atom is 0.225 e. The van der Waals surface area contributed by atoms with E-state index in [1.54, 1.807) is 6.20 Å². The first-order valence-electron chi connectivity index (χ1n) is 7.72. The summed E-state index contributed by atoms with van der Waals surface area (Å²) in [6.45, 7) is 9.97. The van der Waals surface area contributed by atoms with Crippen molar-refractivity contribution in [2.24, 2.45) is 11.3 Å². The summed E-state index contributed by atoms with van der Waals surface area (Å²) in [4.78, 5) is 8.64. The summed E-state index contributed by atoms with van der Waals surface area (Å²) in [5, 5.41) is 3.19. The van der Waals surface area contributed by atoms with Crippen LogP contribution < -0.4 is 10.1 Å². The Morgan fingerprint density at radius 3 is 2.90 bits per heavy atom. The lowest BCUT2D eigenvalue weighted by molar-refractivity contribution is 0.0533. The largest absolute Gasteiger partial charge is 0.474 e. The summed E-state index contributed by atoms with van der Waals surface area (Å²) in [6.07, 6.45) is 6.58. The van der Waals surface area contributed by atoms with Gasteiger partial charge in [0.15, 0.2) is 0 Å². The molecule has 0 spiro atoms. The van der Waals surface area contributed by atoms with Crippen LogP contribution in [0.1, 0.15) is 53.4 Å². The molecule has 0 aliphatic heterocycles. The molecule has 2 unspecified atom stereocenters. The van der Waals surface area contributed by atoms with E-state index in [4.69, 9.17) is 4.74 Å². The van der Waals surface area contributed by atoms with Crippen LogP contribution in [0.5, 0.6) is 5.88 Å². The molecule has 1 aromatic rings. The molecule has 1 N–H and O–H groups in total. The minimum Gasteiger partial charge on any atom is -0.474 e. The number of hydrogen-bond donors (Lipinski definition) is 1. The lowest BCUT2D eigenvalue weighted by Crippen LogP contribution is -2.34. The van der Waals surface area contributed by atoms with Crippen LogP contribution in [0.25, 0.3) is 0 Å². The molecule has 1 heterocycles. The molecule has 112 valence electrons. The fourth-order valence-electron chi connectivity index (χ4n) is 3.25. The molecule has 4 nitrogen and oxygen atoms in total. The Hall–Kier alpha value is -1.32. The summed E-state index contributed by atoms with van der Waals surface area (Å²) >= 11 is 0. The van der Waals surface area contributed by atoms with Crippen molar-refractivity contribution in [2.45, 2.75) is 59.5 Å². The Bertz CT molecular complexity index is 433. The van der Waals surface area contributed by atoms with Crippen molar-refractivity contribution in [2.75, 3.05) is 11.9 Å². The van der Waals surface area contributed by atoms with Gasteiger partial charge in [-0.3, -0.25) is 0 Å². The molecule has 1 saturated carbocycles. The summed E-state index contributed by atoms with van der Waals surface area (Å²) < 4.78 is 6.09. The van der Waals surface area contributed by atoms with Gasteiger partial charge in [-0.25, -0.2) is 4.98 Å². The second-order valence-corrected chi connectivity index (χ2v) is 6.80. The summed E-state index contributed by atoms with van der Waals surface area (Å²) in [6, 6.07) is 1.85. The predicted octanol–water partition coefficient (Wildman–Crippen LogP) is 3.89. The molecule has 0 radical (unpaired) electrons. The van der Waals surface area contributed by atoms with Crippen molar-refractivity contribution in [1.82, 2.24) is 9.97 Å². The molecule has 1 aromatic heterocycles. The van der Waals surface area contributed by atoms with Gasteiger partial charge in [-0.05, 0) is 37.0 Å². The van der Waals surface area contributed by atoms with Crippen molar-refractivity contribution < 1.29 is 4.74 Å². The third kappa shape index (κ3) is 4.36. The topological polar surface area (TPSA) is 47.0 Å². The number of anilines is 1. The number of nitrogens with zero attached hydrogens (tertiary/aromatic N) is 2. The Morgan fingerprint density at radius 1 is 1.40 bits per heavy atom. The first kappa shape index (κ1) is 15.1. The Balaban J connectivity index is 1.98. The highest BCUT2D eigenvalue weighted by molar-refractivity contribution is 5.27. The highest BCUT2D eigenvalue weighted by atomic mass is 16.5. The van der Waals surface area contributed by atoms with E-state index in [1.807, 2.05) is 6.07 Å². The van der Waals surface area contributed by atoms with Gasteiger partial charge in [0, 0.05) is 18.8 Å². The van der Waals surface area contributed by atoms with Gasteiger partial charge in [0.05, 0.1) is 0 Å². The van der Waals surface area contributed by atoms with Crippen LogP contribution in [0, 0.1) is 11.3 Å². The summed E-state index contributed by atoms with van der Waals surface area (Å²) in [5.41, 5.74) is 0.360. The molecule has 0 saturated heterocycles. The zero-order chi connectivity index (χ0) is 14.6. The second kappa shape index (κ2) is 6.42. The highest BCUT2D eigenvalue weighted by Crippen LogP contribution is 2.39. The van der Waals surface area contributed by atoms with Gasteiger partial charge in [-0.15, -0.1) is 0 Å². The van der Waals surface area contributed by atoms with Crippen LogP contribution in [-0.2, 0) is 0 Å². The zero-order valence-corrected chi connectivity index (χ0v) is 13.1. The monoisotopic (exact) mass is 277 g/mol. The minimum atomic E-state index is 0.266. The lowest BCUT2D eigenvalue weighted by Gasteiger charge is -2.38. The van der Waals surface area contributed by atoms with Crippen LogP contribution in [0.15, 0.2) is 12.3 Å². The quantitative estimate of drug-likeness (QED) is 0.887. The van der Waals surface area contributed by atoms with Crippen LogP contribution in [-0.4, -0.2) is 22.6 Å². The van der Waals surface area contributed by atoms with Gasteiger partial charge in [0.1, 0.15) is 6.10 Å². The molecular weight excluding hydrogens is 250 g/mol. The molecule has 1 aliphatic rings. The van der Waals surface area contributed by atoms with Crippen molar-refractivity contribution in [1.29, 1.82) is 0 Å². The number of ether oxygens (including phenoxy) is 1. The summed E-state index contributed by atoms with van der Waals surface area (Å²) in [7, 11) is 0. The van der Waals surface area contributed by atoms with E-state index in [2.05, 4.69) is 43.0 Å². The molecule has 20 heavy (non-hydrogen) atoms. The number of hydrogen-bond acceptors (Lipinski definition) is 4. The standard InChI is InChI=1S/C16H27N3O/c1-5-7-17-15-18-8-6-14(19-15)20-13-9-12(2)10-16(3,4)11-13/h6,8,12-13H,5,7,9-11H2,1-4H3,(H,17,18,19). The van der Waals surface area contributed by atoms with E-state index in [0.717, 1.165) is 25.8 Å². The van der Waals surface area contributed by atoms with E-state index in [1.165, 1.54) is 6.42 Å². The molecule has 4 heteroatoms. The van der Waals surface area contributed by atoms with Gasteiger partial charge in [-0.2, -0.15) is 4.98 Å². The average molecular weight is 277 g/mol. The van der Waals surface area contributed by atoms with Crippen molar-refractivity contribution >= 4 is 5.95 Å². The van der Waals surface area contributed by atoms with E-state index in [-0.39, 0.29) is 6.10 Å². The maximum absolute atomic E-state index is 6.09. The van der Waals surface area contributed by atoms with Crippen LogP contribution >= 0.6 is 0 Å². The minimum absolute atomic E-state index is 0.266. The molecule has 0 bridgehead atoms. The Morgan fingerprint density at radius 2 is 2.20 bits per heavy atom. The van der Waals surface area contributed by atoms with Crippen LogP contribution in [0.2, 0.25) is 0 Å². The number of nitrogens with one attached hydrogen (secondary N) is 1. The van der Waals surface area contributed by atoms with E-state index in [9.17, 15) is 0 Å². The summed E-state index contributed by atoms with van der Waals surface area (Å²) in [5.74, 6) is 2.06. The van der Waals surface area contributed by atoms with E-state index in [0.29, 0.717) is 23.2 Å². The number of aromatic nitrogens is 2. The Labute approximate surface area is 122 Å². The normalized spacial score (nSPS) is 25.2. The zero-order valence-electron chi connectivity index (χ0n) is 13.1. The van der Waals surface area contributed by atoms with Crippen LogP contribution in [0.3, 0.4) is 0 Å². The molecule has 0 amide bonds. The molecular formula is C16H27N3O. The third-order valence-electron chi connectivity index (χ3n) is 3.80. The van der Waals surface area contributed by atoms with Crippen molar-refractivity contribution in [3.63, 3.8) is 0 Å². The van der Waals surface area contributed by atoms with Gasteiger partial charge >= 0.3 is 0 Å². The average Bonchev–Trinajstić information content (AvgIpc) is 2.34. The van der Waals surface area contributed by atoms with Crippen molar-refractivity contribution in [3.05, 3.63) is 12.3 Å². The van der Waals surface area contributed by atoms with E-state index >= 15 is 0 Å². The second-order valence-electron chi connectivity index (χ2n) is 6.80. The molecule has 1 fully saturated rings. The van der Waals surface area contributed by atoms with Gasteiger partial charge in [0.25, 0.3) is 0 Å². The van der Waals surface area contributed by atoms with Gasteiger partial charge in [0.2, 0.25) is 11.8 Å². The maximum atomic E-state index is 6.09. The fourth-order valence-corrected chi connectivity index (χ4v) is 3.25. The van der Waals surface area contributed by atoms with Gasteiger partial charge in [-0.1, -0.05) is 27.7 Å². The van der Waals surface area contributed by atoms with Crippen molar-refractivity contribution in [3.8, 4) is 5.88 Å². The lowest BCUT2D eigenvalue weighted by atomic mass is 9.71. The van der Waals surface area contributed by atoms with Crippen LogP contribution in [0.4, 0.5) is 5.95 Å². The molecule has 0 aromatic carbocycles. The molecule has 1 aliphatic carbocycles. The number of rotatable bonds is 5. The fraction of sp³-hybridized carbons (Fsp3) is 0.750. The smallest absolute Gasteiger partial charge is 0.225 e. The highest BCUT2D eigenvalue weighted by Gasteiger charge is 2.33. The first-order chi connectivity index (χ1) is 9.48. The SMILES string of the molecule is CCCNc1nccc(OC2CC(C)CC(C)(C)C2)n1. The van der Waals surface area contributed by atoms with E-state index < -0.39 is 0 Å². The van der Waals surface area contributed by atoms with Gasteiger partial charge < -0.3 is 10.1 Å². The molecule has 2 atom stereocenters. The first-order valence-corrected chi connectivity index (χ1v) is 7.72.